The highest BCUT2D eigenvalue weighted by Gasteiger charge is 2.31. The van der Waals surface area contributed by atoms with E-state index in [1.807, 2.05) is 0 Å². The van der Waals surface area contributed by atoms with Crippen molar-refractivity contribution in [3.8, 4) is 5.75 Å². The van der Waals surface area contributed by atoms with Gasteiger partial charge in [-0.25, -0.2) is 12.8 Å². The number of hydrogen-bond acceptors (Lipinski definition) is 4. The van der Waals surface area contributed by atoms with Gasteiger partial charge in [-0.3, -0.25) is 9.10 Å². The second kappa shape index (κ2) is 7.92. The lowest BCUT2D eigenvalue weighted by atomic mass is 10.2. The number of nitrogens with zero attached hydrogens (tertiary/aromatic N) is 1. The van der Waals surface area contributed by atoms with Gasteiger partial charge in [0.05, 0.1) is 24.1 Å². The van der Waals surface area contributed by atoms with E-state index < -0.39 is 27.8 Å². The molecule has 0 spiro atoms. The second-order valence-corrected chi connectivity index (χ2v) is 7.79. The van der Waals surface area contributed by atoms with Crippen LogP contribution in [0.1, 0.15) is 6.92 Å². The molecule has 6 nitrogen and oxygen atoms in total. The van der Waals surface area contributed by atoms with Crippen molar-refractivity contribution in [2.75, 3.05) is 23.0 Å². The fourth-order valence-electron chi connectivity index (χ4n) is 2.40. The van der Waals surface area contributed by atoms with Crippen LogP contribution in [0.4, 0.5) is 15.8 Å². The minimum atomic E-state index is -3.91. The molecule has 0 aromatic heterocycles. The Labute approximate surface area is 156 Å². The third-order valence-electron chi connectivity index (χ3n) is 3.60. The van der Waals surface area contributed by atoms with Crippen molar-refractivity contribution in [1.29, 1.82) is 0 Å². The number of carbonyl (C=O) groups is 1. The van der Waals surface area contributed by atoms with Gasteiger partial charge >= 0.3 is 0 Å². The second-order valence-electron chi connectivity index (χ2n) is 5.52. The lowest BCUT2D eigenvalue weighted by Gasteiger charge is -2.28. The number of rotatable bonds is 6. The largest absolute Gasteiger partial charge is 0.495 e. The van der Waals surface area contributed by atoms with Gasteiger partial charge in [-0.05, 0) is 37.3 Å². The van der Waals surface area contributed by atoms with Crippen LogP contribution in [0.25, 0.3) is 0 Å². The molecule has 0 unspecified atom stereocenters. The molecule has 26 heavy (non-hydrogen) atoms. The van der Waals surface area contributed by atoms with Crippen molar-refractivity contribution in [1.82, 2.24) is 0 Å². The van der Waals surface area contributed by atoms with Gasteiger partial charge in [0.25, 0.3) is 0 Å². The molecule has 0 aliphatic rings. The molecule has 0 saturated carbocycles. The Bertz CT molecular complexity index is 921. The average Bonchev–Trinajstić information content (AvgIpc) is 2.55. The van der Waals surface area contributed by atoms with E-state index in [9.17, 15) is 17.6 Å². The van der Waals surface area contributed by atoms with E-state index in [1.54, 1.807) is 12.1 Å². The van der Waals surface area contributed by atoms with Crippen molar-refractivity contribution in [3.05, 3.63) is 53.3 Å². The van der Waals surface area contributed by atoms with Gasteiger partial charge in [0.1, 0.15) is 17.6 Å². The summed E-state index contributed by atoms with van der Waals surface area (Å²) in [6.45, 7) is 1.37. The van der Waals surface area contributed by atoms with Gasteiger partial charge < -0.3 is 10.1 Å². The van der Waals surface area contributed by atoms with Crippen LogP contribution in [-0.4, -0.2) is 33.7 Å². The van der Waals surface area contributed by atoms with Crippen LogP contribution in [0.2, 0.25) is 5.02 Å². The number of para-hydroxylation sites is 1. The Hall–Kier alpha value is -2.32. The number of halogens is 2. The molecule has 140 valence electrons. The number of methoxy groups -OCH3 is 1. The quantitative estimate of drug-likeness (QED) is 0.807. The van der Waals surface area contributed by atoms with Crippen LogP contribution in [0.5, 0.6) is 5.75 Å². The molecule has 1 N–H and O–H groups in total. The zero-order valence-corrected chi connectivity index (χ0v) is 15.9. The Morgan fingerprint density at radius 3 is 2.46 bits per heavy atom. The highest BCUT2D eigenvalue weighted by molar-refractivity contribution is 7.92. The number of anilines is 2. The first-order valence-electron chi connectivity index (χ1n) is 7.53. The van der Waals surface area contributed by atoms with Crippen molar-refractivity contribution >= 4 is 38.9 Å². The first-order valence-corrected chi connectivity index (χ1v) is 9.76. The Balaban J connectivity index is 2.31. The predicted molar refractivity (Wildman–Crippen MR) is 99.8 cm³/mol. The highest BCUT2D eigenvalue weighted by atomic mass is 35.5. The maximum Gasteiger partial charge on any atom is 0.247 e. The van der Waals surface area contributed by atoms with Crippen molar-refractivity contribution in [2.45, 2.75) is 13.0 Å². The van der Waals surface area contributed by atoms with E-state index in [1.165, 1.54) is 38.3 Å². The maximum absolute atomic E-state index is 14.1. The normalized spacial score (nSPS) is 12.3. The molecule has 0 aliphatic heterocycles. The van der Waals surface area contributed by atoms with E-state index in [2.05, 4.69) is 5.32 Å². The summed E-state index contributed by atoms with van der Waals surface area (Å²) < 4.78 is 44.2. The van der Waals surface area contributed by atoms with Gasteiger partial charge in [0.15, 0.2) is 0 Å². The summed E-state index contributed by atoms with van der Waals surface area (Å²) in [6.07, 6.45) is 0.910. The lowest BCUT2D eigenvalue weighted by Crippen LogP contribution is -2.45. The number of hydrogen-bond donors (Lipinski definition) is 1. The molecule has 2 aromatic carbocycles. The third kappa shape index (κ3) is 4.44. The fraction of sp³-hybridized carbons (Fsp3) is 0.235. The van der Waals surface area contributed by atoms with Crippen molar-refractivity contribution < 1.29 is 22.3 Å². The van der Waals surface area contributed by atoms with Crippen LogP contribution in [-0.2, 0) is 14.8 Å². The fourth-order valence-corrected chi connectivity index (χ4v) is 3.84. The monoisotopic (exact) mass is 400 g/mol. The van der Waals surface area contributed by atoms with Crippen LogP contribution in [0, 0.1) is 5.82 Å². The van der Waals surface area contributed by atoms with Gasteiger partial charge in [-0.15, -0.1) is 0 Å². The Morgan fingerprint density at radius 2 is 1.92 bits per heavy atom. The molecule has 9 heteroatoms. The molecule has 0 heterocycles. The van der Waals surface area contributed by atoms with Crippen molar-refractivity contribution in [2.24, 2.45) is 0 Å². The van der Waals surface area contributed by atoms with E-state index in [0.29, 0.717) is 11.4 Å². The first kappa shape index (κ1) is 20.0. The molecule has 0 radical (unpaired) electrons. The molecular weight excluding hydrogens is 383 g/mol. The maximum atomic E-state index is 14.1. The van der Waals surface area contributed by atoms with E-state index in [0.717, 1.165) is 16.6 Å². The smallest absolute Gasteiger partial charge is 0.247 e. The lowest BCUT2D eigenvalue weighted by molar-refractivity contribution is -0.116. The van der Waals surface area contributed by atoms with Crippen LogP contribution < -0.4 is 14.4 Å². The summed E-state index contributed by atoms with van der Waals surface area (Å²) in [5.41, 5.74) is 0.153. The summed E-state index contributed by atoms with van der Waals surface area (Å²) in [6, 6.07) is 8.75. The zero-order chi connectivity index (χ0) is 19.5. The van der Waals surface area contributed by atoms with Gasteiger partial charge in [-0.1, -0.05) is 23.7 Å². The number of ether oxygens (including phenoxy) is 1. The average molecular weight is 401 g/mol. The third-order valence-corrected chi connectivity index (χ3v) is 5.12. The molecule has 2 aromatic rings. The molecule has 0 bridgehead atoms. The molecule has 0 saturated heterocycles. The first-order chi connectivity index (χ1) is 12.1. The van der Waals surface area contributed by atoms with Crippen molar-refractivity contribution in [3.63, 3.8) is 0 Å². The van der Waals surface area contributed by atoms with E-state index in [-0.39, 0.29) is 10.7 Å². The Kier molecular flexibility index (Phi) is 6.09. The predicted octanol–water partition coefficient (Wildman–Crippen LogP) is 3.28. The minimum Gasteiger partial charge on any atom is -0.495 e. The zero-order valence-electron chi connectivity index (χ0n) is 14.4. The summed E-state index contributed by atoms with van der Waals surface area (Å²) in [4.78, 5) is 12.5. The molecule has 0 fully saturated rings. The van der Waals surface area contributed by atoms with E-state index >= 15 is 0 Å². The summed E-state index contributed by atoms with van der Waals surface area (Å²) >= 11 is 6.01. The van der Waals surface area contributed by atoms with Gasteiger partial charge in [0, 0.05) is 5.69 Å². The Morgan fingerprint density at radius 1 is 1.27 bits per heavy atom. The number of amides is 1. The topological polar surface area (TPSA) is 75.7 Å². The van der Waals surface area contributed by atoms with Crippen LogP contribution in [0.15, 0.2) is 42.5 Å². The molecule has 0 aliphatic carbocycles. The minimum absolute atomic E-state index is 0.203. The van der Waals surface area contributed by atoms with Gasteiger partial charge in [0.2, 0.25) is 15.9 Å². The van der Waals surface area contributed by atoms with Crippen LogP contribution >= 0.6 is 11.6 Å². The number of carbonyl (C=O) groups excluding carboxylic acids is 1. The SMILES string of the molecule is COc1ccc(NC(=O)[C@H](C)N(c2ccccc2F)S(C)(=O)=O)cc1Cl. The summed E-state index contributed by atoms with van der Waals surface area (Å²) in [5.74, 6) is -0.952. The molecular formula is C17H18ClFN2O4S. The number of sulfonamides is 1. The molecule has 2 rings (SSSR count). The number of nitrogens with one attached hydrogen (secondary N) is 1. The molecule has 1 atom stereocenters. The standard InChI is InChI=1S/C17H18ClFN2O4S/c1-11(17(22)20-12-8-9-16(25-2)13(18)10-12)21(26(3,23)24)15-7-5-4-6-14(15)19/h4-11H,1-3H3,(H,20,22)/t11-/m0/s1. The number of benzene rings is 2. The van der Waals surface area contributed by atoms with Gasteiger partial charge in [-0.2, -0.15) is 0 Å². The molecule has 1 amide bonds. The summed E-state index contributed by atoms with van der Waals surface area (Å²) in [7, 11) is -2.45. The van der Waals surface area contributed by atoms with E-state index in [4.69, 9.17) is 16.3 Å². The highest BCUT2D eigenvalue weighted by Crippen LogP contribution is 2.28. The van der Waals surface area contributed by atoms with Crippen LogP contribution in [0.3, 0.4) is 0 Å². The summed E-state index contributed by atoms with van der Waals surface area (Å²) in [5, 5.41) is 2.85.